The number of nitrogens with one attached hydrogen (secondary N) is 1. The van der Waals surface area contributed by atoms with Crippen LogP contribution < -0.4 is 10.1 Å². The number of methoxy groups -OCH3 is 1. The number of carbonyl (C=O) groups excluding carboxylic acids is 2. The van der Waals surface area contributed by atoms with Gasteiger partial charge in [0, 0.05) is 19.4 Å². The highest BCUT2D eigenvalue weighted by Crippen LogP contribution is 2.22. The molecule has 0 radical (unpaired) electrons. The summed E-state index contributed by atoms with van der Waals surface area (Å²) in [5.41, 5.74) is 0.776. The number of esters is 1. The van der Waals surface area contributed by atoms with Crippen LogP contribution in [0.2, 0.25) is 0 Å². The molecule has 0 fully saturated rings. The number of hydrogen-bond donors (Lipinski definition) is 1. The molecular formula is C16H19N3O4. The van der Waals surface area contributed by atoms with Crippen LogP contribution in [0.15, 0.2) is 36.7 Å². The van der Waals surface area contributed by atoms with Gasteiger partial charge in [0.15, 0.2) is 0 Å². The number of amides is 1. The predicted octanol–water partition coefficient (Wildman–Crippen LogP) is 1.20. The summed E-state index contributed by atoms with van der Waals surface area (Å²) in [7, 11) is 3.39. The first kappa shape index (κ1) is 16.5. The molecule has 1 N–H and O–H groups in total. The fourth-order valence-electron chi connectivity index (χ4n) is 2.14. The van der Waals surface area contributed by atoms with Gasteiger partial charge in [-0.25, -0.2) is 9.78 Å². The Balaban J connectivity index is 2.30. The number of nitrogens with zero attached hydrogens (tertiary/aromatic N) is 2. The summed E-state index contributed by atoms with van der Waals surface area (Å²) in [6.07, 6.45) is 3.39. The van der Waals surface area contributed by atoms with Crippen molar-refractivity contribution in [2.45, 2.75) is 13.0 Å². The smallest absolute Gasteiger partial charge is 0.396 e. The minimum atomic E-state index is -0.916. The van der Waals surface area contributed by atoms with E-state index in [-0.39, 0.29) is 6.61 Å². The van der Waals surface area contributed by atoms with Crippen molar-refractivity contribution < 1.29 is 19.1 Å². The lowest BCUT2D eigenvalue weighted by Gasteiger charge is -2.19. The fourth-order valence-corrected chi connectivity index (χ4v) is 2.14. The van der Waals surface area contributed by atoms with Crippen molar-refractivity contribution in [2.75, 3.05) is 13.7 Å². The van der Waals surface area contributed by atoms with Crippen LogP contribution in [0.3, 0.4) is 0 Å². The lowest BCUT2D eigenvalue weighted by molar-refractivity contribution is -0.154. The zero-order valence-corrected chi connectivity index (χ0v) is 13.3. The van der Waals surface area contributed by atoms with Gasteiger partial charge in [-0.1, -0.05) is 12.1 Å². The summed E-state index contributed by atoms with van der Waals surface area (Å²) in [5.74, 6) is -0.423. The molecule has 0 saturated carbocycles. The molecule has 0 saturated heterocycles. The first-order chi connectivity index (χ1) is 11.1. The molecule has 0 aliphatic carbocycles. The van der Waals surface area contributed by atoms with Gasteiger partial charge in [-0.05, 0) is 24.6 Å². The number of ether oxygens (including phenoxy) is 2. The van der Waals surface area contributed by atoms with Crippen molar-refractivity contribution in [3.8, 4) is 5.75 Å². The van der Waals surface area contributed by atoms with E-state index in [1.54, 1.807) is 43.1 Å². The molecular weight excluding hydrogens is 298 g/mol. The van der Waals surface area contributed by atoms with Crippen molar-refractivity contribution in [3.05, 3.63) is 48.0 Å². The third-order valence-corrected chi connectivity index (χ3v) is 3.30. The van der Waals surface area contributed by atoms with E-state index in [0.717, 1.165) is 5.56 Å². The van der Waals surface area contributed by atoms with Crippen molar-refractivity contribution in [2.24, 2.45) is 7.05 Å². The van der Waals surface area contributed by atoms with Crippen molar-refractivity contribution in [3.63, 3.8) is 0 Å². The van der Waals surface area contributed by atoms with Crippen LogP contribution in [0.5, 0.6) is 5.75 Å². The van der Waals surface area contributed by atoms with Crippen LogP contribution in [0.25, 0.3) is 0 Å². The van der Waals surface area contributed by atoms with E-state index in [2.05, 4.69) is 10.3 Å². The van der Waals surface area contributed by atoms with Crippen LogP contribution in [0, 0.1) is 0 Å². The van der Waals surface area contributed by atoms with E-state index >= 15 is 0 Å². The van der Waals surface area contributed by atoms with Crippen LogP contribution >= 0.6 is 0 Å². The van der Waals surface area contributed by atoms with Crippen LogP contribution in [-0.4, -0.2) is 35.1 Å². The Morgan fingerprint density at radius 2 is 2.00 bits per heavy atom. The summed E-state index contributed by atoms with van der Waals surface area (Å²) in [5, 5.41) is 2.66. The molecule has 2 aromatic rings. The van der Waals surface area contributed by atoms with Gasteiger partial charge < -0.3 is 19.4 Å². The third-order valence-electron chi connectivity index (χ3n) is 3.30. The third kappa shape index (κ3) is 3.88. The first-order valence-electron chi connectivity index (χ1n) is 7.15. The van der Waals surface area contributed by atoms with E-state index in [4.69, 9.17) is 9.47 Å². The van der Waals surface area contributed by atoms with Crippen molar-refractivity contribution in [1.82, 2.24) is 14.9 Å². The number of carbonyl (C=O) groups is 2. The van der Waals surface area contributed by atoms with E-state index in [1.165, 1.54) is 0 Å². The van der Waals surface area contributed by atoms with E-state index in [1.807, 2.05) is 19.2 Å². The normalized spacial score (nSPS) is 11.6. The van der Waals surface area contributed by atoms with E-state index in [0.29, 0.717) is 11.6 Å². The molecule has 0 bridgehead atoms. The number of benzene rings is 1. The average molecular weight is 317 g/mol. The number of hydrogen-bond acceptors (Lipinski definition) is 5. The van der Waals surface area contributed by atoms with Crippen molar-refractivity contribution in [1.29, 1.82) is 0 Å². The SMILES string of the molecule is CCOC(=O)C(=O)NC(c1ccc(OC)cc1)c1nccn1C. The number of aryl methyl sites for hydroxylation is 1. The topological polar surface area (TPSA) is 82.5 Å². The lowest BCUT2D eigenvalue weighted by atomic mass is 10.1. The van der Waals surface area contributed by atoms with Crippen LogP contribution in [0.1, 0.15) is 24.4 Å². The van der Waals surface area contributed by atoms with Crippen LogP contribution in [-0.2, 0) is 21.4 Å². The van der Waals surface area contributed by atoms with Crippen LogP contribution in [0.4, 0.5) is 0 Å². The maximum atomic E-state index is 12.0. The highest BCUT2D eigenvalue weighted by Gasteiger charge is 2.24. The Kier molecular flexibility index (Phi) is 5.35. The maximum Gasteiger partial charge on any atom is 0.396 e. The zero-order chi connectivity index (χ0) is 16.8. The second-order valence-electron chi connectivity index (χ2n) is 4.80. The molecule has 7 nitrogen and oxygen atoms in total. The molecule has 0 aliphatic heterocycles. The summed E-state index contributed by atoms with van der Waals surface area (Å²) >= 11 is 0. The van der Waals surface area contributed by atoms with Gasteiger partial charge >= 0.3 is 11.9 Å². The van der Waals surface area contributed by atoms with Gasteiger partial charge in [0.05, 0.1) is 13.7 Å². The number of aromatic nitrogens is 2. The molecule has 1 unspecified atom stereocenters. The Bertz CT molecular complexity index is 679. The van der Waals surface area contributed by atoms with Gasteiger partial charge in [0.1, 0.15) is 17.6 Å². The average Bonchev–Trinajstić information content (AvgIpc) is 2.98. The minimum absolute atomic E-state index is 0.141. The molecule has 1 aromatic carbocycles. The van der Waals surface area contributed by atoms with Gasteiger partial charge in [-0.3, -0.25) is 4.79 Å². The largest absolute Gasteiger partial charge is 0.497 e. The Morgan fingerprint density at radius 3 is 2.52 bits per heavy atom. The number of imidazole rings is 1. The van der Waals surface area contributed by atoms with E-state index < -0.39 is 17.9 Å². The Labute approximate surface area is 134 Å². The lowest BCUT2D eigenvalue weighted by Crippen LogP contribution is -2.37. The Morgan fingerprint density at radius 1 is 1.30 bits per heavy atom. The molecule has 23 heavy (non-hydrogen) atoms. The summed E-state index contributed by atoms with van der Waals surface area (Å²) in [6.45, 7) is 1.78. The summed E-state index contributed by atoms with van der Waals surface area (Å²) < 4.78 is 11.6. The second-order valence-corrected chi connectivity index (χ2v) is 4.80. The monoisotopic (exact) mass is 317 g/mol. The highest BCUT2D eigenvalue weighted by atomic mass is 16.5. The van der Waals surface area contributed by atoms with Gasteiger partial charge in [0.2, 0.25) is 0 Å². The molecule has 7 heteroatoms. The van der Waals surface area contributed by atoms with Gasteiger partial charge in [-0.15, -0.1) is 0 Å². The number of rotatable bonds is 5. The molecule has 1 amide bonds. The van der Waals surface area contributed by atoms with Crippen molar-refractivity contribution >= 4 is 11.9 Å². The summed E-state index contributed by atoms with van der Waals surface area (Å²) in [6, 6.07) is 6.61. The highest BCUT2D eigenvalue weighted by molar-refractivity contribution is 6.32. The second kappa shape index (κ2) is 7.44. The van der Waals surface area contributed by atoms with E-state index in [9.17, 15) is 9.59 Å². The quantitative estimate of drug-likeness (QED) is 0.662. The minimum Gasteiger partial charge on any atom is -0.497 e. The molecule has 2 rings (SSSR count). The molecule has 1 atom stereocenters. The van der Waals surface area contributed by atoms with Gasteiger partial charge in [0.25, 0.3) is 0 Å². The maximum absolute atomic E-state index is 12.0. The predicted molar refractivity (Wildman–Crippen MR) is 82.8 cm³/mol. The zero-order valence-electron chi connectivity index (χ0n) is 13.3. The fraction of sp³-hybridized carbons (Fsp3) is 0.312. The Hall–Kier alpha value is -2.83. The molecule has 1 heterocycles. The molecule has 122 valence electrons. The summed E-state index contributed by atoms with van der Waals surface area (Å²) in [4.78, 5) is 27.8. The standard InChI is InChI=1S/C16H19N3O4/c1-4-23-16(21)15(20)18-13(14-17-9-10-19(14)2)11-5-7-12(22-3)8-6-11/h5-10,13H,4H2,1-3H3,(H,18,20). The molecule has 1 aromatic heterocycles. The van der Waals surface area contributed by atoms with Gasteiger partial charge in [-0.2, -0.15) is 0 Å². The first-order valence-corrected chi connectivity index (χ1v) is 7.15. The molecule has 0 spiro atoms. The molecule has 0 aliphatic rings.